The normalized spacial score (nSPS) is 18.4. The van der Waals surface area contributed by atoms with Gasteiger partial charge in [-0.2, -0.15) is 0 Å². The Morgan fingerprint density at radius 1 is 1.25 bits per heavy atom. The van der Waals surface area contributed by atoms with Crippen molar-refractivity contribution in [3.63, 3.8) is 0 Å². The number of halogens is 2. The van der Waals surface area contributed by atoms with Crippen molar-refractivity contribution in [2.45, 2.75) is 38.8 Å². The van der Waals surface area contributed by atoms with Crippen molar-refractivity contribution >= 4 is 24.2 Å². The maximum absolute atomic E-state index is 12.9. The average molecular weight is 358 g/mol. The molecule has 1 aromatic rings. The molecule has 24 heavy (non-hydrogen) atoms. The lowest BCUT2D eigenvalue weighted by atomic mass is 10.0. The second kappa shape index (κ2) is 9.59. The monoisotopic (exact) mass is 357 g/mol. The van der Waals surface area contributed by atoms with Gasteiger partial charge in [0.1, 0.15) is 11.9 Å². The summed E-state index contributed by atoms with van der Waals surface area (Å²) >= 11 is 0. The molecule has 0 bridgehead atoms. The summed E-state index contributed by atoms with van der Waals surface area (Å²) in [5.74, 6) is -0.995. The van der Waals surface area contributed by atoms with Crippen molar-refractivity contribution in [2.24, 2.45) is 5.92 Å². The zero-order valence-electron chi connectivity index (χ0n) is 14.0. The first-order valence-corrected chi connectivity index (χ1v) is 8.05. The topological polar surface area (TPSA) is 70.2 Å². The molecule has 2 amide bonds. The molecule has 7 heteroatoms. The maximum atomic E-state index is 12.9. The lowest BCUT2D eigenvalue weighted by Gasteiger charge is -2.28. The first kappa shape index (κ1) is 20.4. The number of benzene rings is 1. The molecule has 2 rings (SSSR count). The lowest BCUT2D eigenvalue weighted by molar-refractivity contribution is -0.124. The van der Waals surface area contributed by atoms with Crippen molar-refractivity contribution < 1.29 is 14.0 Å². The summed E-state index contributed by atoms with van der Waals surface area (Å²) in [5.41, 5.74) is 0.337. The van der Waals surface area contributed by atoms with Gasteiger partial charge >= 0.3 is 0 Å². The first-order valence-electron chi connectivity index (χ1n) is 8.05. The fourth-order valence-electron chi connectivity index (χ4n) is 2.63. The van der Waals surface area contributed by atoms with Crippen molar-refractivity contribution in [3.8, 4) is 0 Å². The van der Waals surface area contributed by atoms with Crippen LogP contribution < -0.4 is 16.0 Å². The Labute approximate surface area is 148 Å². The van der Waals surface area contributed by atoms with Gasteiger partial charge in [0, 0.05) is 18.2 Å². The Balaban J connectivity index is 0.00000288. The van der Waals surface area contributed by atoms with Crippen molar-refractivity contribution in [1.82, 2.24) is 16.0 Å². The molecular formula is C17H25ClFN3O2. The molecule has 3 N–H and O–H groups in total. The molecule has 0 saturated carbocycles. The van der Waals surface area contributed by atoms with E-state index in [4.69, 9.17) is 0 Å². The zero-order valence-corrected chi connectivity index (χ0v) is 14.8. The van der Waals surface area contributed by atoms with E-state index in [2.05, 4.69) is 16.0 Å². The van der Waals surface area contributed by atoms with Crippen molar-refractivity contribution in [1.29, 1.82) is 0 Å². The molecule has 1 aliphatic rings. The van der Waals surface area contributed by atoms with Gasteiger partial charge in [0.15, 0.2) is 0 Å². The Morgan fingerprint density at radius 3 is 2.46 bits per heavy atom. The van der Waals surface area contributed by atoms with E-state index in [1.54, 1.807) is 0 Å². The summed E-state index contributed by atoms with van der Waals surface area (Å²) in [6.45, 7) is 5.49. The molecule has 0 spiro atoms. The van der Waals surface area contributed by atoms with Crippen LogP contribution in [0.2, 0.25) is 0 Å². The summed E-state index contributed by atoms with van der Waals surface area (Å²) in [6.07, 6.45) is 1.97. The van der Waals surface area contributed by atoms with Crippen molar-refractivity contribution in [2.75, 3.05) is 13.1 Å². The highest BCUT2D eigenvalue weighted by atomic mass is 35.5. The average Bonchev–Trinajstić information content (AvgIpc) is 2.53. The van der Waals surface area contributed by atoms with Gasteiger partial charge in [-0.1, -0.05) is 13.8 Å². The van der Waals surface area contributed by atoms with Crippen LogP contribution in [0.25, 0.3) is 0 Å². The summed E-state index contributed by atoms with van der Waals surface area (Å²) in [6, 6.07) is 4.76. The number of hydrogen-bond acceptors (Lipinski definition) is 3. The van der Waals surface area contributed by atoms with Gasteiger partial charge in [-0.15, -0.1) is 12.4 Å². The molecule has 2 atom stereocenters. The third-order valence-electron chi connectivity index (χ3n) is 3.99. The van der Waals surface area contributed by atoms with Gasteiger partial charge in [-0.05, 0) is 49.6 Å². The standard InChI is InChI=1S/C17H24FN3O2.ClH/c1-11(2)15(17(23)20-14-4-3-9-19-10-14)21-16(22)12-5-7-13(18)8-6-12;/h5-8,11,14-15,19H,3-4,9-10H2,1-2H3,(H,20,23)(H,21,22);1H. The largest absolute Gasteiger partial charge is 0.350 e. The number of carbonyl (C=O) groups excluding carboxylic acids is 2. The highest BCUT2D eigenvalue weighted by Crippen LogP contribution is 2.08. The third-order valence-corrected chi connectivity index (χ3v) is 3.99. The first-order chi connectivity index (χ1) is 11.0. The Bertz CT molecular complexity index is 545. The van der Waals surface area contributed by atoms with E-state index in [0.717, 1.165) is 25.9 Å². The van der Waals surface area contributed by atoms with E-state index in [9.17, 15) is 14.0 Å². The predicted octanol–water partition coefficient (Wildman–Crippen LogP) is 1.87. The van der Waals surface area contributed by atoms with Crippen LogP contribution in [0.15, 0.2) is 24.3 Å². The smallest absolute Gasteiger partial charge is 0.251 e. The summed E-state index contributed by atoms with van der Waals surface area (Å²) in [5, 5.41) is 8.98. The van der Waals surface area contributed by atoms with Crippen LogP contribution in [0.1, 0.15) is 37.0 Å². The van der Waals surface area contributed by atoms with E-state index in [-0.39, 0.29) is 36.2 Å². The number of amides is 2. The maximum Gasteiger partial charge on any atom is 0.251 e. The molecule has 0 radical (unpaired) electrons. The van der Waals surface area contributed by atoms with E-state index >= 15 is 0 Å². The molecule has 1 aliphatic heterocycles. The molecule has 2 unspecified atom stereocenters. The molecule has 1 saturated heterocycles. The predicted molar refractivity (Wildman–Crippen MR) is 93.8 cm³/mol. The van der Waals surface area contributed by atoms with Crippen LogP contribution >= 0.6 is 12.4 Å². The molecule has 1 aromatic carbocycles. The SMILES string of the molecule is CC(C)C(NC(=O)c1ccc(F)cc1)C(=O)NC1CCCNC1.Cl. The quantitative estimate of drug-likeness (QED) is 0.753. The second-order valence-electron chi connectivity index (χ2n) is 6.25. The molecule has 0 aromatic heterocycles. The second-order valence-corrected chi connectivity index (χ2v) is 6.25. The fourth-order valence-corrected chi connectivity index (χ4v) is 2.63. The van der Waals surface area contributed by atoms with E-state index in [0.29, 0.717) is 5.56 Å². The number of nitrogens with one attached hydrogen (secondary N) is 3. The van der Waals surface area contributed by atoms with Crippen LogP contribution in [-0.4, -0.2) is 37.0 Å². The van der Waals surface area contributed by atoms with E-state index in [1.807, 2.05) is 13.8 Å². The molecule has 134 valence electrons. The lowest BCUT2D eigenvalue weighted by Crippen LogP contribution is -2.54. The van der Waals surface area contributed by atoms with Gasteiger partial charge in [0.25, 0.3) is 5.91 Å². The zero-order chi connectivity index (χ0) is 16.8. The Hall–Kier alpha value is -1.66. The Kier molecular flexibility index (Phi) is 8.15. The molecule has 1 fully saturated rings. The summed E-state index contributed by atoms with van der Waals surface area (Å²) in [4.78, 5) is 24.7. The molecule has 1 heterocycles. The van der Waals surface area contributed by atoms with Crippen LogP contribution in [0.4, 0.5) is 4.39 Å². The van der Waals surface area contributed by atoms with Gasteiger partial charge in [0.2, 0.25) is 5.91 Å². The minimum Gasteiger partial charge on any atom is -0.350 e. The third kappa shape index (κ3) is 5.76. The van der Waals surface area contributed by atoms with Crippen LogP contribution in [0, 0.1) is 11.7 Å². The minimum absolute atomic E-state index is 0. The van der Waals surface area contributed by atoms with Crippen molar-refractivity contribution in [3.05, 3.63) is 35.6 Å². The number of rotatable bonds is 5. The Morgan fingerprint density at radius 2 is 1.92 bits per heavy atom. The van der Waals surface area contributed by atoms with E-state index < -0.39 is 11.9 Å². The number of carbonyl (C=O) groups is 2. The molecule has 5 nitrogen and oxygen atoms in total. The number of piperidine rings is 1. The molecular weight excluding hydrogens is 333 g/mol. The van der Waals surface area contributed by atoms with Gasteiger partial charge < -0.3 is 16.0 Å². The minimum atomic E-state index is -0.616. The summed E-state index contributed by atoms with van der Waals surface area (Å²) < 4.78 is 12.9. The van der Waals surface area contributed by atoms with Gasteiger partial charge in [-0.3, -0.25) is 9.59 Å². The fraction of sp³-hybridized carbons (Fsp3) is 0.529. The van der Waals surface area contributed by atoms with Crippen LogP contribution in [0.5, 0.6) is 0 Å². The van der Waals surface area contributed by atoms with Crippen LogP contribution in [-0.2, 0) is 4.79 Å². The van der Waals surface area contributed by atoms with Crippen LogP contribution in [0.3, 0.4) is 0 Å². The highest BCUT2D eigenvalue weighted by molar-refractivity contribution is 5.97. The van der Waals surface area contributed by atoms with Gasteiger partial charge in [-0.25, -0.2) is 4.39 Å². The molecule has 0 aliphatic carbocycles. The van der Waals surface area contributed by atoms with E-state index in [1.165, 1.54) is 24.3 Å². The summed E-state index contributed by atoms with van der Waals surface area (Å²) in [7, 11) is 0. The van der Waals surface area contributed by atoms with Gasteiger partial charge in [0.05, 0.1) is 0 Å². The number of hydrogen-bond donors (Lipinski definition) is 3. The highest BCUT2D eigenvalue weighted by Gasteiger charge is 2.27.